The molecule has 4 nitrogen and oxygen atoms in total. The summed E-state index contributed by atoms with van der Waals surface area (Å²) < 4.78 is 14.1. The second kappa shape index (κ2) is 4.61. The van der Waals surface area contributed by atoms with E-state index in [0.29, 0.717) is 0 Å². The van der Waals surface area contributed by atoms with Crippen molar-refractivity contribution in [3.63, 3.8) is 0 Å². The predicted molar refractivity (Wildman–Crippen MR) is 75.1 cm³/mol. The average Bonchev–Trinajstić information content (AvgIpc) is 2.40. The maximum atomic E-state index is 13.1. The Balaban J connectivity index is 2.44. The zero-order valence-corrected chi connectivity index (χ0v) is 10.8. The van der Waals surface area contributed by atoms with E-state index in [2.05, 4.69) is 4.98 Å². The summed E-state index contributed by atoms with van der Waals surface area (Å²) in [6.45, 7) is 0. The fourth-order valence-corrected chi connectivity index (χ4v) is 2.26. The molecule has 0 atom stereocenters. The lowest BCUT2D eigenvalue weighted by molar-refractivity contribution is 0.629. The molecule has 0 spiro atoms. The Hall–Kier alpha value is -2.40. The van der Waals surface area contributed by atoms with Crippen LogP contribution in [0.15, 0.2) is 52.1 Å². The first-order chi connectivity index (χ1) is 9.58. The lowest BCUT2D eigenvalue weighted by Crippen LogP contribution is -2.33. The van der Waals surface area contributed by atoms with E-state index in [4.69, 9.17) is 11.6 Å². The molecule has 1 heterocycles. The van der Waals surface area contributed by atoms with E-state index in [-0.39, 0.29) is 21.6 Å². The normalized spacial score (nSPS) is 10.9. The highest BCUT2D eigenvalue weighted by atomic mass is 35.5. The fourth-order valence-electron chi connectivity index (χ4n) is 2.04. The molecule has 6 heteroatoms. The average molecular weight is 291 g/mol. The summed E-state index contributed by atoms with van der Waals surface area (Å²) in [4.78, 5) is 26.9. The first-order valence-electron chi connectivity index (χ1n) is 5.77. The summed E-state index contributed by atoms with van der Waals surface area (Å²) in [5.74, 6) is -0.525. The Morgan fingerprint density at radius 2 is 1.85 bits per heavy atom. The van der Waals surface area contributed by atoms with Crippen molar-refractivity contribution in [2.45, 2.75) is 0 Å². The fraction of sp³-hybridized carbons (Fsp3) is 0. The molecule has 0 aliphatic heterocycles. The highest BCUT2D eigenvalue weighted by Gasteiger charge is 2.12. The van der Waals surface area contributed by atoms with Crippen LogP contribution in [-0.2, 0) is 0 Å². The molecule has 0 radical (unpaired) electrons. The molecule has 3 rings (SSSR count). The van der Waals surface area contributed by atoms with Crippen LogP contribution in [0.2, 0.25) is 5.02 Å². The number of benzene rings is 2. The highest BCUT2D eigenvalue weighted by molar-refractivity contribution is 6.32. The van der Waals surface area contributed by atoms with Crippen molar-refractivity contribution in [2.24, 2.45) is 0 Å². The first kappa shape index (κ1) is 12.6. The molecule has 1 aromatic heterocycles. The van der Waals surface area contributed by atoms with Crippen molar-refractivity contribution in [2.75, 3.05) is 0 Å². The zero-order valence-electron chi connectivity index (χ0n) is 10.1. The molecule has 0 unspecified atom stereocenters. The van der Waals surface area contributed by atoms with Gasteiger partial charge in [0.1, 0.15) is 5.82 Å². The number of hydrogen-bond acceptors (Lipinski definition) is 2. The number of para-hydroxylation sites is 1. The summed E-state index contributed by atoms with van der Waals surface area (Å²) >= 11 is 6.01. The molecule has 3 aromatic rings. The summed E-state index contributed by atoms with van der Waals surface area (Å²) in [5.41, 5.74) is -0.770. The van der Waals surface area contributed by atoms with E-state index in [1.54, 1.807) is 24.3 Å². The summed E-state index contributed by atoms with van der Waals surface area (Å²) in [6.07, 6.45) is 0. The molecule has 1 N–H and O–H groups in total. The Kier molecular flexibility index (Phi) is 2.91. The van der Waals surface area contributed by atoms with Crippen molar-refractivity contribution < 1.29 is 4.39 Å². The number of rotatable bonds is 1. The number of aromatic nitrogens is 2. The van der Waals surface area contributed by atoms with Crippen LogP contribution in [0.25, 0.3) is 16.6 Å². The second-order valence-corrected chi connectivity index (χ2v) is 4.62. The smallest absolute Gasteiger partial charge is 0.306 e. The van der Waals surface area contributed by atoms with Gasteiger partial charge in [0.25, 0.3) is 5.56 Å². The lowest BCUT2D eigenvalue weighted by atomic mass is 10.2. The molecule has 0 aliphatic rings. The third-order valence-electron chi connectivity index (χ3n) is 2.95. The topological polar surface area (TPSA) is 54.9 Å². The third-order valence-corrected chi connectivity index (χ3v) is 3.27. The summed E-state index contributed by atoms with van der Waals surface area (Å²) in [6, 6.07) is 10.1. The Bertz CT molecular complexity index is 930. The van der Waals surface area contributed by atoms with Crippen molar-refractivity contribution in [3.05, 3.63) is 74.1 Å². The maximum Gasteiger partial charge on any atom is 0.333 e. The van der Waals surface area contributed by atoms with Gasteiger partial charge in [0.05, 0.1) is 21.6 Å². The van der Waals surface area contributed by atoms with Gasteiger partial charge in [0.2, 0.25) is 0 Å². The van der Waals surface area contributed by atoms with Crippen LogP contribution in [0.5, 0.6) is 0 Å². The van der Waals surface area contributed by atoms with Crippen molar-refractivity contribution in [3.8, 4) is 5.69 Å². The quantitative estimate of drug-likeness (QED) is 0.748. The van der Waals surface area contributed by atoms with Crippen LogP contribution in [0.4, 0.5) is 4.39 Å². The molecular formula is C14H8ClFN2O2. The minimum atomic E-state index is -0.666. The van der Waals surface area contributed by atoms with Gasteiger partial charge >= 0.3 is 5.69 Å². The van der Waals surface area contributed by atoms with Crippen molar-refractivity contribution in [1.29, 1.82) is 0 Å². The monoisotopic (exact) mass is 290 g/mol. The van der Waals surface area contributed by atoms with Gasteiger partial charge in [-0.3, -0.25) is 4.79 Å². The van der Waals surface area contributed by atoms with E-state index in [1.807, 2.05) is 0 Å². The number of H-pyrrole nitrogens is 1. The van der Waals surface area contributed by atoms with Crippen LogP contribution < -0.4 is 11.2 Å². The zero-order chi connectivity index (χ0) is 14.3. The van der Waals surface area contributed by atoms with Gasteiger partial charge < -0.3 is 4.98 Å². The van der Waals surface area contributed by atoms with Gasteiger partial charge in [-0.25, -0.2) is 13.8 Å². The lowest BCUT2D eigenvalue weighted by Gasteiger charge is -2.07. The number of hydrogen-bond donors (Lipinski definition) is 1. The van der Waals surface area contributed by atoms with Gasteiger partial charge in [0.15, 0.2) is 0 Å². The number of halogens is 2. The van der Waals surface area contributed by atoms with Gasteiger partial charge in [-0.1, -0.05) is 23.7 Å². The SMILES string of the molecule is O=c1[nH]c2cc(F)ccc2c(=O)n1-c1ccccc1Cl. The molecule has 0 saturated carbocycles. The van der Waals surface area contributed by atoms with Crippen LogP contribution in [0.3, 0.4) is 0 Å². The van der Waals surface area contributed by atoms with Gasteiger partial charge in [-0.05, 0) is 30.3 Å². The van der Waals surface area contributed by atoms with Crippen LogP contribution in [0.1, 0.15) is 0 Å². The maximum absolute atomic E-state index is 13.1. The number of fused-ring (bicyclic) bond motifs is 1. The molecular weight excluding hydrogens is 283 g/mol. The summed E-state index contributed by atoms with van der Waals surface area (Å²) in [7, 11) is 0. The predicted octanol–water partition coefficient (Wildman–Crippen LogP) is 2.47. The van der Waals surface area contributed by atoms with Gasteiger partial charge in [-0.15, -0.1) is 0 Å². The number of nitrogens with one attached hydrogen (secondary N) is 1. The van der Waals surface area contributed by atoms with E-state index in [1.165, 1.54) is 12.1 Å². The Morgan fingerprint density at radius 1 is 1.10 bits per heavy atom. The highest BCUT2D eigenvalue weighted by Crippen LogP contribution is 2.17. The van der Waals surface area contributed by atoms with E-state index in [9.17, 15) is 14.0 Å². The Morgan fingerprint density at radius 3 is 2.60 bits per heavy atom. The molecule has 2 aromatic carbocycles. The van der Waals surface area contributed by atoms with E-state index >= 15 is 0 Å². The largest absolute Gasteiger partial charge is 0.333 e. The van der Waals surface area contributed by atoms with Gasteiger partial charge in [-0.2, -0.15) is 0 Å². The Labute approximate surface area is 117 Å². The minimum absolute atomic E-state index is 0.156. The first-order valence-corrected chi connectivity index (χ1v) is 6.15. The van der Waals surface area contributed by atoms with Crippen molar-refractivity contribution in [1.82, 2.24) is 9.55 Å². The third kappa shape index (κ3) is 1.92. The molecule has 100 valence electrons. The van der Waals surface area contributed by atoms with Crippen LogP contribution >= 0.6 is 11.6 Å². The van der Waals surface area contributed by atoms with Crippen LogP contribution in [-0.4, -0.2) is 9.55 Å². The number of nitrogens with zero attached hydrogens (tertiary/aromatic N) is 1. The molecule has 0 bridgehead atoms. The van der Waals surface area contributed by atoms with Crippen molar-refractivity contribution >= 4 is 22.5 Å². The standard InChI is InChI=1S/C14H8ClFN2O2/c15-10-3-1-2-4-12(10)18-13(19)9-6-5-8(16)7-11(9)17-14(18)20/h1-7H,(H,17,20). The second-order valence-electron chi connectivity index (χ2n) is 4.21. The number of aromatic amines is 1. The molecule has 0 amide bonds. The van der Waals surface area contributed by atoms with Crippen LogP contribution in [0, 0.1) is 5.82 Å². The van der Waals surface area contributed by atoms with Gasteiger partial charge in [0, 0.05) is 0 Å². The minimum Gasteiger partial charge on any atom is -0.306 e. The summed E-state index contributed by atoms with van der Waals surface area (Å²) in [5, 5.41) is 0.493. The van der Waals surface area contributed by atoms with E-state index in [0.717, 1.165) is 10.6 Å². The molecule has 0 fully saturated rings. The molecule has 20 heavy (non-hydrogen) atoms. The molecule has 0 saturated heterocycles. The van der Waals surface area contributed by atoms with E-state index < -0.39 is 17.1 Å². The molecule has 0 aliphatic carbocycles.